The Labute approximate surface area is 160 Å². The molecule has 27 heavy (non-hydrogen) atoms. The summed E-state index contributed by atoms with van der Waals surface area (Å²) in [5.41, 5.74) is 1.42. The minimum Gasteiger partial charge on any atom is -0.481 e. The van der Waals surface area contributed by atoms with Crippen LogP contribution in [0.2, 0.25) is 0 Å². The number of amides is 2. The van der Waals surface area contributed by atoms with Crippen molar-refractivity contribution in [2.75, 3.05) is 38.6 Å². The number of hydrogen-bond donors (Lipinski definition) is 1. The number of nitrogens with zero attached hydrogens (tertiary/aromatic N) is 3. The molecule has 1 saturated carbocycles. The summed E-state index contributed by atoms with van der Waals surface area (Å²) in [5, 5.41) is 3.02. The van der Waals surface area contributed by atoms with E-state index < -0.39 is 5.41 Å². The van der Waals surface area contributed by atoms with Crippen LogP contribution in [0.4, 0.5) is 5.69 Å². The fraction of sp³-hybridized carbons (Fsp3) is 0.650. The van der Waals surface area contributed by atoms with E-state index in [1.165, 1.54) is 0 Å². The molecule has 0 aromatic carbocycles. The van der Waals surface area contributed by atoms with E-state index in [1.807, 2.05) is 11.0 Å². The zero-order valence-electron chi connectivity index (χ0n) is 16.2. The molecule has 1 aromatic rings. The smallest absolute Gasteiger partial charge is 0.235 e. The predicted molar refractivity (Wildman–Crippen MR) is 102 cm³/mol. The molecule has 0 radical (unpaired) electrons. The quantitative estimate of drug-likeness (QED) is 0.857. The summed E-state index contributed by atoms with van der Waals surface area (Å²) in [4.78, 5) is 33.2. The number of fused-ring (bicyclic) bond motifs is 2. The summed E-state index contributed by atoms with van der Waals surface area (Å²) >= 11 is 0. The lowest BCUT2D eigenvalue weighted by Gasteiger charge is -2.40. The highest BCUT2D eigenvalue weighted by molar-refractivity contribution is 6.06. The molecule has 7 heteroatoms. The largest absolute Gasteiger partial charge is 0.481 e. The first-order valence-corrected chi connectivity index (χ1v) is 9.89. The molecule has 1 aromatic heterocycles. The van der Waals surface area contributed by atoms with E-state index in [2.05, 4.69) is 15.2 Å². The fourth-order valence-electron chi connectivity index (χ4n) is 4.98. The van der Waals surface area contributed by atoms with Crippen molar-refractivity contribution in [1.82, 2.24) is 14.8 Å². The Kier molecular flexibility index (Phi) is 4.80. The Morgan fingerprint density at radius 2 is 2.04 bits per heavy atom. The monoisotopic (exact) mass is 372 g/mol. The van der Waals surface area contributed by atoms with Gasteiger partial charge in [-0.25, -0.2) is 4.98 Å². The Bertz CT molecular complexity index is 743. The molecule has 4 rings (SSSR count). The van der Waals surface area contributed by atoms with Crippen molar-refractivity contribution in [3.63, 3.8) is 0 Å². The number of carbonyl (C=O) groups is 2. The molecule has 1 spiro atoms. The molecule has 0 unspecified atom stereocenters. The van der Waals surface area contributed by atoms with Gasteiger partial charge in [0.25, 0.3) is 0 Å². The molecular weight excluding hydrogens is 344 g/mol. The average Bonchev–Trinajstić information content (AvgIpc) is 2.84. The van der Waals surface area contributed by atoms with E-state index in [0.717, 1.165) is 69.5 Å². The topological polar surface area (TPSA) is 74.8 Å². The van der Waals surface area contributed by atoms with Crippen LogP contribution in [-0.2, 0) is 15.0 Å². The highest BCUT2D eigenvalue weighted by Gasteiger charge is 2.49. The third-order valence-electron chi connectivity index (χ3n) is 6.59. The average molecular weight is 372 g/mol. The third kappa shape index (κ3) is 3.18. The van der Waals surface area contributed by atoms with Gasteiger partial charge in [0.1, 0.15) is 0 Å². The summed E-state index contributed by atoms with van der Waals surface area (Å²) in [5.74, 6) is 0.828. The first-order chi connectivity index (χ1) is 13.0. The van der Waals surface area contributed by atoms with Gasteiger partial charge in [-0.3, -0.25) is 14.5 Å². The molecule has 1 saturated heterocycles. The number of methoxy groups -OCH3 is 1. The van der Waals surface area contributed by atoms with Gasteiger partial charge in [0.05, 0.1) is 24.4 Å². The van der Waals surface area contributed by atoms with Gasteiger partial charge in [-0.1, -0.05) is 0 Å². The molecule has 0 atom stereocenters. The molecule has 3 heterocycles. The lowest BCUT2D eigenvalue weighted by Crippen LogP contribution is -2.46. The number of anilines is 1. The molecule has 7 nitrogen and oxygen atoms in total. The normalized spacial score (nSPS) is 28.6. The number of pyridine rings is 1. The maximum Gasteiger partial charge on any atom is 0.235 e. The van der Waals surface area contributed by atoms with Crippen molar-refractivity contribution >= 4 is 17.5 Å². The lowest BCUT2D eigenvalue weighted by molar-refractivity contribution is -0.128. The van der Waals surface area contributed by atoms with Gasteiger partial charge in [0.15, 0.2) is 0 Å². The van der Waals surface area contributed by atoms with Gasteiger partial charge in [-0.2, -0.15) is 0 Å². The molecule has 1 N–H and O–H groups in total. The van der Waals surface area contributed by atoms with Crippen LogP contribution in [0.3, 0.4) is 0 Å². The molecular formula is C20H28N4O3. The first-order valence-electron chi connectivity index (χ1n) is 9.89. The maximum absolute atomic E-state index is 12.8. The van der Waals surface area contributed by atoms with Crippen molar-refractivity contribution in [2.45, 2.75) is 50.5 Å². The van der Waals surface area contributed by atoms with Crippen LogP contribution < -0.4 is 10.1 Å². The molecule has 1 aliphatic carbocycles. The van der Waals surface area contributed by atoms with Crippen molar-refractivity contribution in [2.24, 2.45) is 0 Å². The van der Waals surface area contributed by atoms with Crippen LogP contribution in [0.25, 0.3) is 0 Å². The summed E-state index contributed by atoms with van der Waals surface area (Å²) in [7, 11) is 1.60. The van der Waals surface area contributed by atoms with Crippen LogP contribution in [0, 0.1) is 0 Å². The summed E-state index contributed by atoms with van der Waals surface area (Å²) in [6.07, 6.45) is 6.41. The van der Waals surface area contributed by atoms with E-state index in [1.54, 1.807) is 20.2 Å². The highest BCUT2D eigenvalue weighted by atomic mass is 16.5. The van der Waals surface area contributed by atoms with Crippen LogP contribution in [0.5, 0.6) is 5.88 Å². The van der Waals surface area contributed by atoms with Gasteiger partial charge in [-0.15, -0.1) is 0 Å². The number of nitrogens with one attached hydrogen (secondary N) is 1. The second-order valence-corrected chi connectivity index (χ2v) is 7.94. The lowest BCUT2D eigenvalue weighted by atomic mass is 9.69. The van der Waals surface area contributed by atoms with Gasteiger partial charge >= 0.3 is 0 Å². The predicted octanol–water partition coefficient (Wildman–Crippen LogP) is 1.78. The molecule has 0 bridgehead atoms. The number of rotatable bonds is 2. The van der Waals surface area contributed by atoms with Crippen LogP contribution in [0.15, 0.2) is 12.3 Å². The Hall–Kier alpha value is -2.15. The number of aromatic nitrogens is 1. The standard InChI is InChI=1S/C20H28N4O3/c1-14(25)23-8-3-9-24(11-10-23)15-4-6-20(7-5-15)16-12-18(27-2)21-13-17(16)22-19(20)26/h12-13,15H,3-11H2,1-2H3,(H,22,26). The minimum absolute atomic E-state index is 0.102. The number of ether oxygens (including phenoxy) is 1. The second kappa shape index (κ2) is 7.11. The van der Waals surface area contributed by atoms with Crippen LogP contribution in [-0.4, -0.2) is 65.9 Å². The summed E-state index contributed by atoms with van der Waals surface area (Å²) < 4.78 is 5.28. The zero-order valence-corrected chi connectivity index (χ0v) is 16.2. The molecule has 2 aliphatic heterocycles. The van der Waals surface area contributed by atoms with Gasteiger partial charge in [-0.05, 0) is 37.7 Å². The van der Waals surface area contributed by atoms with E-state index in [0.29, 0.717) is 11.9 Å². The maximum atomic E-state index is 12.8. The van der Waals surface area contributed by atoms with Crippen molar-refractivity contribution in [1.29, 1.82) is 0 Å². The first kappa shape index (κ1) is 18.2. The molecule has 2 fully saturated rings. The zero-order chi connectivity index (χ0) is 19.0. The van der Waals surface area contributed by atoms with E-state index in [4.69, 9.17) is 4.74 Å². The van der Waals surface area contributed by atoms with Crippen molar-refractivity contribution in [3.8, 4) is 5.88 Å². The van der Waals surface area contributed by atoms with Crippen molar-refractivity contribution in [3.05, 3.63) is 17.8 Å². The van der Waals surface area contributed by atoms with Gasteiger partial charge in [0.2, 0.25) is 17.7 Å². The molecule has 3 aliphatic rings. The van der Waals surface area contributed by atoms with Crippen LogP contribution >= 0.6 is 0 Å². The van der Waals surface area contributed by atoms with Gasteiger partial charge < -0.3 is 15.0 Å². The fourth-order valence-corrected chi connectivity index (χ4v) is 4.98. The van der Waals surface area contributed by atoms with E-state index in [9.17, 15) is 9.59 Å². The third-order valence-corrected chi connectivity index (χ3v) is 6.59. The Morgan fingerprint density at radius 1 is 1.26 bits per heavy atom. The van der Waals surface area contributed by atoms with Crippen LogP contribution in [0.1, 0.15) is 44.6 Å². The Morgan fingerprint density at radius 3 is 2.74 bits per heavy atom. The van der Waals surface area contributed by atoms with E-state index in [-0.39, 0.29) is 11.8 Å². The second-order valence-electron chi connectivity index (χ2n) is 7.94. The Balaban J connectivity index is 1.46. The number of carbonyl (C=O) groups excluding carboxylic acids is 2. The van der Waals surface area contributed by atoms with Crippen molar-refractivity contribution < 1.29 is 14.3 Å². The molecule has 146 valence electrons. The summed E-state index contributed by atoms with van der Waals surface area (Å²) in [6.45, 7) is 5.27. The van der Waals surface area contributed by atoms with Gasteiger partial charge in [0, 0.05) is 45.2 Å². The van der Waals surface area contributed by atoms with E-state index >= 15 is 0 Å². The SMILES string of the molecule is COc1cc2c(cn1)NC(=O)C21CCC(N2CCCN(C(C)=O)CC2)CC1. The highest BCUT2D eigenvalue weighted by Crippen LogP contribution is 2.48. The minimum atomic E-state index is -0.445. The summed E-state index contributed by atoms with van der Waals surface area (Å²) in [6, 6.07) is 2.41. The number of hydrogen-bond acceptors (Lipinski definition) is 5. The molecule has 2 amide bonds.